The quantitative estimate of drug-likeness (QED) is 0.412. The Hall–Kier alpha value is 0.0800. The molecule has 0 aromatic carbocycles. The standard InChI is InChI=1S/C6H7Cl3O2/c1-2-11-4-3-5(10)6(7,8)9/h3-4H,2H2,1H3. The van der Waals surface area contributed by atoms with Crippen molar-refractivity contribution in [1.29, 1.82) is 0 Å². The van der Waals surface area contributed by atoms with E-state index < -0.39 is 9.58 Å². The van der Waals surface area contributed by atoms with Gasteiger partial charge in [0.1, 0.15) is 0 Å². The Labute approximate surface area is 80.1 Å². The van der Waals surface area contributed by atoms with E-state index in [-0.39, 0.29) is 0 Å². The van der Waals surface area contributed by atoms with Crippen molar-refractivity contribution in [2.24, 2.45) is 0 Å². The van der Waals surface area contributed by atoms with Gasteiger partial charge in [-0.1, -0.05) is 34.8 Å². The fraction of sp³-hybridized carbons (Fsp3) is 0.500. The molecule has 0 aliphatic carbocycles. The largest absolute Gasteiger partial charge is 0.501 e. The third-order valence-electron chi connectivity index (χ3n) is 0.762. The van der Waals surface area contributed by atoms with Crippen LogP contribution in [0.3, 0.4) is 0 Å². The van der Waals surface area contributed by atoms with Crippen molar-refractivity contribution < 1.29 is 9.53 Å². The third kappa shape index (κ3) is 5.36. The number of allylic oxidation sites excluding steroid dienone is 1. The van der Waals surface area contributed by atoms with E-state index in [1.165, 1.54) is 6.26 Å². The molecule has 11 heavy (non-hydrogen) atoms. The lowest BCUT2D eigenvalue weighted by molar-refractivity contribution is -0.113. The minimum absolute atomic E-state index is 0.476. The van der Waals surface area contributed by atoms with E-state index in [4.69, 9.17) is 39.5 Å². The van der Waals surface area contributed by atoms with Crippen molar-refractivity contribution in [3.05, 3.63) is 12.3 Å². The van der Waals surface area contributed by atoms with Crippen LogP contribution in [0, 0.1) is 0 Å². The van der Waals surface area contributed by atoms with Crippen LogP contribution < -0.4 is 0 Å². The van der Waals surface area contributed by atoms with Gasteiger partial charge in [0, 0.05) is 6.08 Å². The topological polar surface area (TPSA) is 26.3 Å². The van der Waals surface area contributed by atoms with Gasteiger partial charge in [0.2, 0.25) is 5.78 Å². The second kappa shape index (κ2) is 4.86. The summed E-state index contributed by atoms with van der Waals surface area (Å²) in [5.74, 6) is -0.615. The Morgan fingerprint density at radius 3 is 2.45 bits per heavy atom. The molecule has 0 amide bonds. The Morgan fingerprint density at radius 2 is 2.09 bits per heavy atom. The maximum atomic E-state index is 10.8. The summed E-state index contributed by atoms with van der Waals surface area (Å²) in [6.07, 6.45) is 2.28. The predicted octanol–water partition coefficient (Wildman–Crippen LogP) is 2.48. The summed E-state index contributed by atoms with van der Waals surface area (Å²) in [4.78, 5) is 10.8. The van der Waals surface area contributed by atoms with Crippen molar-refractivity contribution in [2.45, 2.75) is 10.7 Å². The van der Waals surface area contributed by atoms with Gasteiger partial charge in [-0.25, -0.2) is 0 Å². The Kier molecular flexibility index (Phi) is 4.89. The summed E-state index contributed by atoms with van der Waals surface area (Å²) >= 11 is 15.7. The van der Waals surface area contributed by atoms with E-state index in [1.54, 1.807) is 6.92 Å². The molecule has 5 heteroatoms. The fourth-order valence-electron chi connectivity index (χ4n) is 0.301. The van der Waals surface area contributed by atoms with Crippen molar-refractivity contribution in [3.8, 4) is 0 Å². The van der Waals surface area contributed by atoms with Crippen LogP contribution in [0.1, 0.15) is 6.92 Å². The van der Waals surface area contributed by atoms with E-state index in [1.807, 2.05) is 0 Å². The molecular weight excluding hydrogens is 210 g/mol. The fourth-order valence-corrected chi connectivity index (χ4v) is 0.490. The van der Waals surface area contributed by atoms with Gasteiger partial charge in [-0.3, -0.25) is 4.79 Å². The summed E-state index contributed by atoms with van der Waals surface area (Å²) in [5.41, 5.74) is 0. The van der Waals surface area contributed by atoms with Gasteiger partial charge in [-0.05, 0) is 6.92 Å². The van der Waals surface area contributed by atoms with Crippen LogP contribution >= 0.6 is 34.8 Å². The van der Waals surface area contributed by atoms with Gasteiger partial charge in [-0.2, -0.15) is 0 Å². The first-order valence-electron chi connectivity index (χ1n) is 2.87. The summed E-state index contributed by atoms with van der Waals surface area (Å²) < 4.78 is 2.84. The lowest BCUT2D eigenvalue weighted by Gasteiger charge is -2.03. The van der Waals surface area contributed by atoms with Gasteiger partial charge in [-0.15, -0.1) is 0 Å². The van der Waals surface area contributed by atoms with Crippen LogP contribution in [0.4, 0.5) is 0 Å². The number of hydrogen-bond acceptors (Lipinski definition) is 2. The normalized spacial score (nSPS) is 12.0. The molecule has 0 N–H and O–H groups in total. The molecule has 0 fully saturated rings. The number of carbonyl (C=O) groups excluding carboxylic acids is 1. The van der Waals surface area contributed by atoms with Crippen LogP contribution in [0.25, 0.3) is 0 Å². The molecule has 0 aromatic heterocycles. The smallest absolute Gasteiger partial charge is 0.252 e. The molecule has 0 atom stereocenters. The zero-order chi connectivity index (χ0) is 8.91. The number of alkyl halides is 3. The molecule has 0 aliphatic rings. The highest BCUT2D eigenvalue weighted by molar-refractivity contribution is 6.77. The molecule has 64 valence electrons. The number of hydrogen-bond donors (Lipinski definition) is 0. The highest BCUT2D eigenvalue weighted by Crippen LogP contribution is 2.27. The molecule has 0 aromatic rings. The number of halogens is 3. The number of ether oxygens (including phenoxy) is 1. The SMILES string of the molecule is CCOC=CC(=O)C(Cl)(Cl)Cl. The van der Waals surface area contributed by atoms with E-state index in [0.717, 1.165) is 6.08 Å². The average molecular weight is 217 g/mol. The van der Waals surface area contributed by atoms with Gasteiger partial charge < -0.3 is 4.74 Å². The third-order valence-corrected chi connectivity index (χ3v) is 1.32. The lowest BCUT2D eigenvalue weighted by atomic mass is 10.4. The van der Waals surface area contributed by atoms with Crippen molar-refractivity contribution in [2.75, 3.05) is 6.61 Å². The van der Waals surface area contributed by atoms with E-state index >= 15 is 0 Å². The minimum atomic E-state index is -1.88. The maximum Gasteiger partial charge on any atom is 0.252 e. The highest BCUT2D eigenvalue weighted by atomic mass is 35.6. The monoisotopic (exact) mass is 216 g/mol. The zero-order valence-corrected chi connectivity index (χ0v) is 8.08. The second-order valence-corrected chi connectivity index (χ2v) is 3.90. The Morgan fingerprint density at radius 1 is 1.55 bits per heavy atom. The van der Waals surface area contributed by atoms with Crippen molar-refractivity contribution >= 4 is 40.6 Å². The predicted molar refractivity (Wildman–Crippen MR) is 46.1 cm³/mol. The summed E-state index contributed by atoms with van der Waals surface area (Å²) in [6, 6.07) is 0. The Bertz CT molecular complexity index is 160. The molecule has 0 spiro atoms. The second-order valence-electron chi connectivity index (χ2n) is 1.62. The van der Waals surface area contributed by atoms with Crippen LogP contribution in [-0.2, 0) is 9.53 Å². The maximum absolute atomic E-state index is 10.8. The van der Waals surface area contributed by atoms with Crippen molar-refractivity contribution in [1.82, 2.24) is 0 Å². The molecule has 0 aliphatic heterocycles. The lowest BCUT2D eigenvalue weighted by Crippen LogP contribution is -2.15. The van der Waals surface area contributed by atoms with Crippen LogP contribution in [0.5, 0.6) is 0 Å². The van der Waals surface area contributed by atoms with E-state index in [2.05, 4.69) is 0 Å². The molecule has 0 rings (SSSR count). The van der Waals surface area contributed by atoms with Gasteiger partial charge in [0.05, 0.1) is 12.9 Å². The van der Waals surface area contributed by atoms with Gasteiger partial charge in [0.15, 0.2) is 0 Å². The molecule has 0 saturated heterocycles. The van der Waals surface area contributed by atoms with E-state index in [9.17, 15) is 4.79 Å². The van der Waals surface area contributed by atoms with Crippen LogP contribution in [0.15, 0.2) is 12.3 Å². The minimum Gasteiger partial charge on any atom is -0.501 e. The number of carbonyl (C=O) groups is 1. The highest BCUT2D eigenvalue weighted by Gasteiger charge is 2.27. The molecule has 0 bridgehead atoms. The molecular formula is C6H7Cl3O2. The first-order valence-corrected chi connectivity index (χ1v) is 4.01. The summed E-state index contributed by atoms with van der Waals surface area (Å²) in [6.45, 7) is 2.26. The zero-order valence-electron chi connectivity index (χ0n) is 5.81. The first-order chi connectivity index (χ1) is 4.98. The number of ketones is 1. The Balaban J connectivity index is 3.88. The van der Waals surface area contributed by atoms with E-state index in [0.29, 0.717) is 6.61 Å². The molecule has 0 saturated carbocycles. The molecule has 0 heterocycles. The van der Waals surface area contributed by atoms with Gasteiger partial charge >= 0.3 is 0 Å². The van der Waals surface area contributed by atoms with Crippen molar-refractivity contribution in [3.63, 3.8) is 0 Å². The molecule has 0 radical (unpaired) electrons. The van der Waals surface area contributed by atoms with Crippen LogP contribution in [-0.4, -0.2) is 16.2 Å². The van der Waals surface area contributed by atoms with Gasteiger partial charge in [0.25, 0.3) is 3.79 Å². The molecule has 2 nitrogen and oxygen atoms in total. The van der Waals surface area contributed by atoms with Crippen LogP contribution in [0.2, 0.25) is 0 Å². The summed E-state index contributed by atoms with van der Waals surface area (Å²) in [7, 11) is 0. The average Bonchev–Trinajstić information content (AvgIpc) is 1.86. The number of rotatable bonds is 3. The first kappa shape index (κ1) is 11.1. The summed E-state index contributed by atoms with van der Waals surface area (Å²) in [5, 5.41) is 0. The molecule has 0 unspecified atom stereocenters.